The lowest BCUT2D eigenvalue weighted by Gasteiger charge is -2.33. The first-order valence-electron chi connectivity index (χ1n) is 6.78. The number of nitrogens with zero attached hydrogens (tertiary/aromatic N) is 1. The Hall–Kier alpha value is -0.810. The predicted molar refractivity (Wildman–Crippen MR) is 79.1 cm³/mol. The lowest BCUT2D eigenvalue weighted by Crippen LogP contribution is -2.43. The molecule has 5 heteroatoms. The number of hydrogen-bond donors (Lipinski definition) is 0. The molecule has 1 aromatic rings. The Morgan fingerprint density at radius 3 is 2.60 bits per heavy atom. The fourth-order valence-corrected chi connectivity index (χ4v) is 1.90. The number of rotatable bonds is 3. The van der Waals surface area contributed by atoms with E-state index in [0.717, 1.165) is 5.75 Å². The van der Waals surface area contributed by atoms with Crippen LogP contribution in [0.15, 0.2) is 24.3 Å². The first kappa shape index (κ1) is 15.6. The van der Waals surface area contributed by atoms with Gasteiger partial charge in [-0.15, -0.1) is 0 Å². The van der Waals surface area contributed by atoms with E-state index in [0.29, 0.717) is 31.7 Å². The Balaban J connectivity index is 1.81. The molecule has 0 radical (unpaired) electrons. The molecule has 0 aliphatic carbocycles. The summed E-state index contributed by atoms with van der Waals surface area (Å²) in [5, 5.41) is 0.701. The minimum atomic E-state index is -0.0574. The monoisotopic (exact) mass is 299 g/mol. The summed E-state index contributed by atoms with van der Waals surface area (Å²) in [7, 11) is 0. The summed E-state index contributed by atoms with van der Waals surface area (Å²) in [6.07, 6.45) is -0.0574. The van der Waals surface area contributed by atoms with E-state index in [4.69, 9.17) is 25.8 Å². The second-order valence-corrected chi connectivity index (χ2v) is 6.33. The van der Waals surface area contributed by atoms with Crippen molar-refractivity contribution in [1.82, 2.24) is 4.90 Å². The van der Waals surface area contributed by atoms with E-state index in [1.54, 1.807) is 0 Å². The van der Waals surface area contributed by atoms with Crippen LogP contribution in [0.2, 0.25) is 5.02 Å². The number of hydrogen-bond acceptors (Lipinski definition) is 4. The van der Waals surface area contributed by atoms with E-state index in [1.807, 2.05) is 24.3 Å². The van der Waals surface area contributed by atoms with Crippen LogP contribution in [0.5, 0.6) is 5.75 Å². The molecule has 2 rings (SSSR count). The van der Waals surface area contributed by atoms with Gasteiger partial charge in [0.2, 0.25) is 0 Å². The number of halogens is 1. The van der Waals surface area contributed by atoms with Crippen molar-refractivity contribution in [3.05, 3.63) is 29.3 Å². The molecule has 20 heavy (non-hydrogen) atoms. The standard InChI is InChI=1S/C15H22ClNO3/c1-15(2,3)17-10-18-8-14(20-11-17)9-19-13-6-4-12(16)5-7-13/h4-7,14H,8-11H2,1-3H3/t14-/m1/s1. The molecule has 1 atom stereocenters. The summed E-state index contributed by atoms with van der Waals surface area (Å²) in [6.45, 7) is 8.58. The van der Waals surface area contributed by atoms with Crippen LogP contribution in [-0.2, 0) is 9.47 Å². The molecule has 1 fully saturated rings. The van der Waals surface area contributed by atoms with E-state index in [9.17, 15) is 0 Å². The fraction of sp³-hybridized carbons (Fsp3) is 0.600. The second-order valence-electron chi connectivity index (χ2n) is 5.89. The van der Waals surface area contributed by atoms with Crippen molar-refractivity contribution in [2.24, 2.45) is 0 Å². The van der Waals surface area contributed by atoms with Gasteiger partial charge in [0.1, 0.15) is 31.9 Å². The Bertz CT molecular complexity index is 416. The maximum Gasteiger partial charge on any atom is 0.119 e. The van der Waals surface area contributed by atoms with Gasteiger partial charge in [-0.25, -0.2) is 0 Å². The van der Waals surface area contributed by atoms with Crippen LogP contribution in [0, 0.1) is 0 Å². The van der Waals surface area contributed by atoms with E-state index in [2.05, 4.69) is 25.7 Å². The summed E-state index contributed by atoms with van der Waals surface area (Å²) in [4.78, 5) is 2.15. The molecule has 0 amide bonds. The van der Waals surface area contributed by atoms with Gasteiger partial charge < -0.3 is 14.2 Å². The molecule has 0 aromatic heterocycles. The van der Waals surface area contributed by atoms with Crippen molar-refractivity contribution in [1.29, 1.82) is 0 Å². The molecule has 0 unspecified atom stereocenters. The Morgan fingerprint density at radius 1 is 1.25 bits per heavy atom. The molecule has 1 saturated heterocycles. The zero-order chi connectivity index (χ0) is 14.6. The number of ether oxygens (including phenoxy) is 3. The fourth-order valence-electron chi connectivity index (χ4n) is 1.78. The molecule has 1 aliphatic heterocycles. The van der Waals surface area contributed by atoms with Crippen molar-refractivity contribution in [2.75, 3.05) is 26.7 Å². The largest absolute Gasteiger partial charge is 0.491 e. The third-order valence-electron chi connectivity index (χ3n) is 3.22. The van der Waals surface area contributed by atoms with Crippen molar-refractivity contribution in [2.45, 2.75) is 32.4 Å². The molecular weight excluding hydrogens is 278 g/mol. The average Bonchev–Trinajstić information content (AvgIpc) is 2.63. The third kappa shape index (κ3) is 4.63. The minimum Gasteiger partial charge on any atom is -0.491 e. The van der Waals surface area contributed by atoms with Gasteiger partial charge >= 0.3 is 0 Å². The Kier molecular flexibility index (Phi) is 5.27. The van der Waals surface area contributed by atoms with Crippen molar-refractivity contribution in [3.63, 3.8) is 0 Å². The highest BCUT2D eigenvalue weighted by molar-refractivity contribution is 6.30. The van der Waals surface area contributed by atoms with E-state index < -0.39 is 0 Å². The molecule has 0 saturated carbocycles. The number of benzene rings is 1. The van der Waals surface area contributed by atoms with Gasteiger partial charge in [0.05, 0.1) is 6.61 Å². The van der Waals surface area contributed by atoms with Crippen molar-refractivity contribution < 1.29 is 14.2 Å². The van der Waals surface area contributed by atoms with Crippen LogP contribution in [0.25, 0.3) is 0 Å². The van der Waals surface area contributed by atoms with Gasteiger partial charge in [-0.05, 0) is 45.0 Å². The van der Waals surface area contributed by atoms with Gasteiger partial charge in [-0.2, -0.15) is 0 Å². The van der Waals surface area contributed by atoms with Crippen LogP contribution >= 0.6 is 11.6 Å². The van der Waals surface area contributed by atoms with Crippen molar-refractivity contribution in [3.8, 4) is 5.75 Å². The highest BCUT2D eigenvalue weighted by atomic mass is 35.5. The summed E-state index contributed by atoms with van der Waals surface area (Å²) in [5.74, 6) is 0.787. The van der Waals surface area contributed by atoms with Gasteiger partial charge in [-0.3, -0.25) is 4.90 Å². The van der Waals surface area contributed by atoms with Crippen LogP contribution in [0.1, 0.15) is 20.8 Å². The van der Waals surface area contributed by atoms with E-state index in [-0.39, 0.29) is 11.6 Å². The molecule has 0 bridgehead atoms. The van der Waals surface area contributed by atoms with Gasteiger partial charge in [-0.1, -0.05) is 11.6 Å². The highest BCUT2D eigenvalue weighted by Gasteiger charge is 2.26. The second kappa shape index (κ2) is 6.76. The molecule has 1 heterocycles. The van der Waals surface area contributed by atoms with Crippen molar-refractivity contribution >= 4 is 11.6 Å². The quantitative estimate of drug-likeness (QED) is 0.858. The summed E-state index contributed by atoms with van der Waals surface area (Å²) < 4.78 is 17.2. The van der Waals surface area contributed by atoms with Crippen LogP contribution in [0.4, 0.5) is 0 Å². The maximum absolute atomic E-state index is 5.84. The predicted octanol–water partition coefficient (Wildman–Crippen LogP) is 3.15. The Labute approximate surface area is 125 Å². The lowest BCUT2D eigenvalue weighted by atomic mass is 10.1. The SMILES string of the molecule is CC(C)(C)N1COC[C@H](COc2ccc(Cl)cc2)OC1. The summed E-state index contributed by atoms with van der Waals surface area (Å²) in [6, 6.07) is 7.31. The summed E-state index contributed by atoms with van der Waals surface area (Å²) >= 11 is 5.84. The lowest BCUT2D eigenvalue weighted by molar-refractivity contribution is -0.0500. The molecule has 0 N–H and O–H groups in total. The molecule has 4 nitrogen and oxygen atoms in total. The average molecular weight is 300 g/mol. The zero-order valence-corrected chi connectivity index (χ0v) is 13.0. The molecule has 1 aromatic carbocycles. The van der Waals surface area contributed by atoms with Crippen LogP contribution in [0.3, 0.4) is 0 Å². The Morgan fingerprint density at radius 2 is 1.95 bits per heavy atom. The van der Waals surface area contributed by atoms with Crippen LogP contribution < -0.4 is 4.74 Å². The van der Waals surface area contributed by atoms with Gasteiger partial charge in [0.15, 0.2) is 0 Å². The molecular formula is C15H22ClNO3. The summed E-state index contributed by atoms with van der Waals surface area (Å²) in [5.41, 5.74) is 0.0337. The maximum atomic E-state index is 5.84. The smallest absolute Gasteiger partial charge is 0.119 e. The first-order valence-corrected chi connectivity index (χ1v) is 7.16. The minimum absolute atomic E-state index is 0.0337. The van der Waals surface area contributed by atoms with Crippen LogP contribution in [-0.4, -0.2) is 43.2 Å². The molecule has 0 spiro atoms. The molecule has 1 aliphatic rings. The first-order chi connectivity index (χ1) is 9.45. The van der Waals surface area contributed by atoms with E-state index in [1.165, 1.54) is 0 Å². The topological polar surface area (TPSA) is 30.9 Å². The highest BCUT2D eigenvalue weighted by Crippen LogP contribution is 2.18. The van der Waals surface area contributed by atoms with Gasteiger partial charge in [0, 0.05) is 10.6 Å². The normalized spacial score (nSPS) is 21.5. The van der Waals surface area contributed by atoms with Gasteiger partial charge in [0.25, 0.3) is 0 Å². The molecule has 112 valence electrons. The van der Waals surface area contributed by atoms with E-state index >= 15 is 0 Å². The third-order valence-corrected chi connectivity index (χ3v) is 3.47. The zero-order valence-electron chi connectivity index (χ0n) is 12.3.